The second-order valence-corrected chi connectivity index (χ2v) is 2.99. The van der Waals surface area contributed by atoms with Crippen LogP contribution in [-0.2, 0) is 4.74 Å². The van der Waals surface area contributed by atoms with Crippen molar-refractivity contribution in [2.75, 3.05) is 7.11 Å². The Morgan fingerprint density at radius 3 is 2.54 bits per heavy atom. The maximum atomic E-state index is 10.9. The van der Waals surface area contributed by atoms with Crippen LogP contribution in [0.3, 0.4) is 0 Å². The zero-order valence-corrected chi connectivity index (χ0v) is 8.33. The van der Waals surface area contributed by atoms with E-state index in [9.17, 15) is 9.90 Å². The van der Waals surface area contributed by atoms with E-state index < -0.39 is 12.1 Å². The van der Waals surface area contributed by atoms with Gasteiger partial charge in [0.1, 0.15) is 5.76 Å². The molecular formula is C9H17NO3. The van der Waals surface area contributed by atoms with Crippen LogP contribution >= 0.6 is 0 Å². The summed E-state index contributed by atoms with van der Waals surface area (Å²) < 4.78 is 4.42. The van der Waals surface area contributed by atoms with Gasteiger partial charge in [0.25, 0.3) is 0 Å². The molecule has 0 fully saturated rings. The average molecular weight is 187 g/mol. The molecule has 0 aliphatic rings. The first kappa shape index (κ1) is 11.8. The van der Waals surface area contributed by atoms with Crippen molar-refractivity contribution in [3.05, 3.63) is 12.3 Å². The van der Waals surface area contributed by atoms with E-state index in [-0.39, 0.29) is 11.7 Å². The van der Waals surface area contributed by atoms with Gasteiger partial charge in [-0.05, 0) is 5.92 Å². The van der Waals surface area contributed by atoms with Gasteiger partial charge in [-0.25, -0.2) is 4.79 Å². The molecule has 0 radical (unpaired) electrons. The second kappa shape index (κ2) is 5.45. The largest absolute Gasteiger partial charge is 0.511 e. The van der Waals surface area contributed by atoms with Crippen LogP contribution in [0.25, 0.3) is 0 Å². The third-order valence-corrected chi connectivity index (χ3v) is 2.03. The maximum absolute atomic E-state index is 10.9. The summed E-state index contributed by atoms with van der Waals surface area (Å²) >= 11 is 0. The fraction of sp³-hybridized carbons (Fsp3) is 0.667. The first-order valence-electron chi connectivity index (χ1n) is 4.25. The fourth-order valence-corrected chi connectivity index (χ4v) is 0.976. The highest BCUT2D eigenvalue weighted by atomic mass is 16.5. The lowest BCUT2D eigenvalue weighted by Gasteiger charge is -2.22. The summed E-state index contributed by atoms with van der Waals surface area (Å²) in [5, 5.41) is 11.7. The summed E-state index contributed by atoms with van der Waals surface area (Å²) in [6, 6.07) is -0.433. The van der Waals surface area contributed by atoms with Gasteiger partial charge >= 0.3 is 6.09 Å². The zero-order valence-electron chi connectivity index (χ0n) is 8.33. The van der Waals surface area contributed by atoms with E-state index in [1.165, 1.54) is 7.11 Å². The predicted octanol–water partition coefficient (Wildman–Crippen LogP) is 1.83. The van der Waals surface area contributed by atoms with Crippen LogP contribution in [0.2, 0.25) is 0 Å². The van der Waals surface area contributed by atoms with Crippen molar-refractivity contribution in [2.45, 2.75) is 26.3 Å². The number of carbonyl (C=O) groups excluding carboxylic acids is 1. The molecule has 76 valence electrons. The minimum absolute atomic E-state index is 0.0419. The lowest BCUT2D eigenvalue weighted by Crippen LogP contribution is -2.40. The van der Waals surface area contributed by atoms with E-state index in [1.807, 2.05) is 13.8 Å². The number of aliphatic hydroxyl groups is 1. The predicted molar refractivity (Wildman–Crippen MR) is 50.6 cm³/mol. The third kappa shape index (κ3) is 3.83. The van der Waals surface area contributed by atoms with Gasteiger partial charge in [-0.3, -0.25) is 0 Å². The zero-order chi connectivity index (χ0) is 10.4. The SMILES string of the molecule is C=C(O)[C@@H](NC(=O)OC)[C@@H](C)CC. The third-order valence-electron chi connectivity index (χ3n) is 2.03. The summed E-state index contributed by atoms with van der Waals surface area (Å²) in [4.78, 5) is 10.9. The molecule has 0 aromatic carbocycles. The van der Waals surface area contributed by atoms with Crippen LogP contribution in [0.4, 0.5) is 4.79 Å². The Hall–Kier alpha value is -1.19. The van der Waals surface area contributed by atoms with Gasteiger partial charge in [-0.2, -0.15) is 0 Å². The fourth-order valence-electron chi connectivity index (χ4n) is 0.976. The molecule has 4 heteroatoms. The molecule has 0 heterocycles. The molecule has 4 nitrogen and oxygen atoms in total. The number of carbonyl (C=O) groups is 1. The molecule has 1 amide bonds. The van der Waals surface area contributed by atoms with Crippen LogP contribution in [0.5, 0.6) is 0 Å². The number of aliphatic hydroxyl groups excluding tert-OH is 1. The van der Waals surface area contributed by atoms with Gasteiger partial charge in [0, 0.05) is 0 Å². The van der Waals surface area contributed by atoms with E-state index in [4.69, 9.17) is 0 Å². The smallest absolute Gasteiger partial charge is 0.407 e. The van der Waals surface area contributed by atoms with Gasteiger partial charge in [0.15, 0.2) is 0 Å². The molecule has 2 atom stereocenters. The van der Waals surface area contributed by atoms with Crippen molar-refractivity contribution in [1.82, 2.24) is 5.32 Å². The quantitative estimate of drug-likeness (QED) is 0.660. The number of amides is 1. The van der Waals surface area contributed by atoms with Gasteiger partial charge in [-0.1, -0.05) is 26.8 Å². The summed E-state index contributed by atoms with van der Waals surface area (Å²) in [6.07, 6.45) is 0.286. The van der Waals surface area contributed by atoms with E-state index in [1.54, 1.807) is 0 Å². The number of hydrogen-bond donors (Lipinski definition) is 2. The minimum atomic E-state index is -0.555. The van der Waals surface area contributed by atoms with Gasteiger partial charge in [-0.15, -0.1) is 0 Å². The number of nitrogens with one attached hydrogen (secondary N) is 1. The Morgan fingerprint density at radius 1 is 1.69 bits per heavy atom. The standard InChI is InChI=1S/C9H17NO3/c1-5-6(2)8(7(3)11)10-9(12)13-4/h6,8,11H,3,5H2,1-2,4H3,(H,10,12)/t6-,8-/m0/s1. The summed E-state index contributed by atoms with van der Waals surface area (Å²) in [5.74, 6) is 0.0938. The van der Waals surface area contributed by atoms with Crippen molar-refractivity contribution >= 4 is 6.09 Å². The number of ether oxygens (including phenoxy) is 1. The molecule has 0 rings (SSSR count). The van der Waals surface area contributed by atoms with Gasteiger partial charge in [0.2, 0.25) is 0 Å². The van der Waals surface area contributed by atoms with E-state index in [2.05, 4.69) is 16.6 Å². The maximum Gasteiger partial charge on any atom is 0.407 e. The van der Waals surface area contributed by atoms with Crippen LogP contribution in [-0.4, -0.2) is 24.4 Å². The minimum Gasteiger partial charge on any atom is -0.511 e. The number of rotatable bonds is 4. The van der Waals surface area contributed by atoms with E-state index in [0.29, 0.717) is 0 Å². The Labute approximate surface area is 78.6 Å². The highest BCUT2D eigenvalue weighted by molar-refractivity contribution is 5.67. The molecule has 0 saturated heterocycles. The Balaban J connectivity index is 4.26. The van der Waals surface area contributed by atoms with Crippen LogP contribution in [0.1, 0.15) is 20.3 Å². The molecule has 0 saturated carbocycles. The van der Waals surface area contributed by atoms with Crippen molar-refractivity contribution in [3.63, 3.8) is 0 Å². The van der Waals surface area contributed by atoms with Gasteiger partial charge < -0.3 is 15.2 Å². The molecule has 0 aliphatic carbocycles. The summed E-state index contributed by atoms with van der Waals surface area (Å²) in [6.45, 7) is 7.29. The summed E-state index contributed by atoms with van der Waals surface area (Å²) in [7, 11) is 1.28. The Kier molecular flexibility index (Phi) is 4.96. The molecular weight excluding hydrogens is 170 g/mol. The lowest BCUT2D eigenvalue weighted by molar-refractivity contribution is 0.159. The topological polar surface area (TPSA) is 58.6 Å². The average Bonchev–Trinajstić information content (AvgIpc) is 2.11. The molecule has 0 aliphatic heterocycles. The molecule has 0 bridgehead atoms. The molecule has 13 heavy (non-hydrogen) atoms. The highest BCUT2D eigenvalue weighted by Gasteiger charge is 2.20. The van der Waals surface area contributed by atoms with E-state index >= 15 is 0 Å². The number of hydrogen-bond acceptors (Lipinski definition) is 3. The van der Waals surface area contributed by atoms with Crippen LogP contribution in [0, 0.1) is 5.92 Å². The molecule has 0 unspecified atom stereocenters. The summed E-state index contributed by atoms with van der Waals surface area (Å²) in [5.41, 5.74) is 0. The molecule has 2 N–H and O–H groups in total. The van der Waals surface area contributed by atoms with Crippen molar-refractivity contribution in [3.8, 4) is 0 Å². The second-order valence-electron chi connectivity index (χ2n) is 2.99. The molecule has 0 spiro atoms. The molecule has 0 aromatic rings. The first-order valence-corrected chi connectivity index (χ1v) is 4.25. The van der Waals surface area contributed by atoms with E-state index in [0.717, 1.165) is 6.42 Å². The number of methoxy groups -OCH3 is 1. The molecule has 0 aromatic heterocycles. The highest BCUT2D eigenvalue weighted by Crippen LogP contribution is 2.12. The Morgan fingerprint density at radius 2 is 2.23 bits per heavy atom. The van der Waals surface area contributed by atoms with Crippen LogP contribution in [0.15, 0.2) is 12.3 Å². The van der Waals surface area contributed by atoms with Crippen LogP contribution < -0.4 is 5.32 Å². The van der Waals surface area contributed by atoms with Crippen molar-refractivity contribution in [1.29, 1.82) is 0 Å². The number of alkyl carbamates (subject to hydrolysis) is 1. The van der Waals surface area contributed by atoms with Crippen molar-refractivity contribution in [2.24, 2.45) is 5.92 Å². The Bertz CT molecular complexity index is 191. The monoisotopic (exact) mass is 187 g/mol. The van der Waals surface area contributed by atoms with Gasteiger partial charge in [0.05, 0.1) is 13.2 Å². The normalized spacial score (nSPS) is 14.4. The first-order chi connectivity index (χ1) is 6.02. The van der Waals surface area contributed by atoms with Crippen molar-refractivity contribution < 1.29 is 14.6 Å². The lowest BCUT2D eigenvalue weighted by atomic mass is 9.98.